The number of nitrogens with one attached hydrogen (secondary N) is 2. The lowest BCUT2D eigenvalue weighted by Crippen LogP contribution is -2.45. The van der Waals surface area contributed by atoms with Gasteiger partial charge in [0.25, 0.3) is 0 Å². The molecule has 3 rings (SSSR count). The van der Waals surface area contributed by atoms with Crippen molar-refractivity contribution in [1.29, 1.82) is 0 Å². The number of hydrogen-bond donors (Lipinski definition) is 3. The summed E-state index contributed by atoms with van der Waals surface area (Å²) < 4.78 is 0. The molecule has 0 spiro atoms. The van der Waals surface area contributed by atoms with E-state index in [0.29, 0.717) is 19.4 Å². The first-order chi connectivity index (χ1) is 11.5. The molecule has 1 aromatic carbocycles. The van der Waals surface area contributed by atoms with Gasteiger partial charge in [-0.1, -0.05) is 12.1 Å². The number of benzene rings is 1. The molecule has 2 atom stereocenters. The van der Waals surface area contributed by atoms with Gasteiger partial charge in [0.1, 0.15) is 11.9 Å². The van der Waals surface area contributed by atoms with E-state index in [-0.39, 0.29) is 11.9 Å². The predicted octanol–water partition coefficient (Wildman–Crippen LogP) is 1.16. The number of nitrogens with zero attached hydrogens (tertiary/aromatic N) is 2. The van der Waals surface area contributed by atoms with Crippen LogP contribution in [0.2, 0.25) is 0 Å². The van der Waals surface area contributed by atoms with E-state index >= 15 is 0 Å². The van der Waals surface area contributed by atoms with Crippen molar-refractivity contribution in [2.45, 2.75) is 37.8 Å². The molecule has 2 heterocycles. The van der Waals surface area contributed by atoms with E-state index in [4.69, 9.17) is 5.11 Å². The molecule has 128 valence electrons. The second kappa shape index (κ2) is 7.00. The highest BCUT2D eigenvalue weighted by Crippen LogP contribution is 2.15. The van der Waals surface area contributed by atoms with Gasteiger partial charge in [0.15, 0.2) is 0 Å². The fraction of sp³-hybridized carbons (Fsp3) is 0.471. The maximum Gasteiger partial charge on any atom is 0.320 e. The van der Waals surface area contributed by atoms with Crippen LogP contribution in [-0.4, -0.2) is 57.5 Å². The molecule has 1 aliphatic heterocycles. The van der Waals surface area contributed by atoms with E-state index < -0.39 is 12.0 Å². The number of carbonyl (C=O) groups excluding carboxylic acids is 1. The van der Waals surface area contributed by atoms with Crippen LogP contribution in [0.25, 0.3) is 11.0 Å². The molecule has 0 radical (unpaired) electrons. The molecular formula is C17H22N4O3. The highest BCUT2D eigenvalue weighted by atomic mass is 16.4. The number of H-pyrrole nitrogens is 1. The van der Waals surface area contributed by atoms with E-state index in [1.165, 1.54) is 0 Å². The summed E-state index contributed by atoms with van der Waals surface area (Å²) in [4.78, 5) is 32.8. The SMILES string of the molecule is CN(CCCc1nc2ccccc2[nH]1)C(=O)[C@H]1CC[C@@H](C(=O)O)N1. The number of aliphatic carboxylic acids is 1. The van der Waals surface area contributed by atoms with Gasteiger partial charge in [-0.15, -0.1) is 0 Å². The Morgan fingerprint density at radius 2 is 2.04 bits per heavy atom. The standard InChI is InChI=1S/C17H22N4O3/c1-21(16(22)13-8-9-14(18-13)17(23)24)10-4-7-15-19-11-5-2-3-6-12(11)20-15/h2-3,5-6,13-14,18H,4,7-10H2,1H3,(H,19,20)(H,23,24)/t13-,14+/m1/s1. The average Bonchev–Trinajstić information content (AvgIpc) is 3.20. The second-order valence-corrected chi connectivity index (χ2v) is 6.25. The van der Waals surface area contributed by atoms with Gasteiger partial charge in [0.05, 0.1) is 17.1 Å². The van der Waals surface area contributed by atoms with Gasteiger partial charge in [-0.3, -0.25) is 14.9 Å². The van der Waals surface area contributed by atoms with Crippen molar-refractivity contribution >= 4 is 22.9 Å². The number of para-hydroxylation sites is 2. The molecule has 0 aliphatic carbocycles. The molecule has 1 fully saturated rings. The minimum absolute atomic E-state index is 0.0386. The topological polar surface area (TPSA) is 98.3 Å². The molecule has 0 saturated carbocycles. The number of aromatic nitrogens is 2. The quantitative estimate of drug-likeness (QED) is 0.738. The van der Waals surface area contributed by atoms with Gasteiger partial charge < -0.3 is 15.0 Å². The summed E-state index contributed by atoms with van der Waals surface area (Å²) in [5.74, 6) is -0.0109. The first-order valence-corrected chi connectivity index (χ1v) is 8.22. The lowest BCUT2D eigenvalue weighted by molar-refractivity contribution is -0.139. The fourth-order valence-electron chi connectivity index (χ4n) is 3.12. The van der Waals surface area contributed by atoms with Crippen molar-refractivity contribution in [3.8, 4) is 0 Å². The summed E-state index contributed by atoms with van der Waals surface area (Å²) in [6, 6.07) is 6.89. The third-order valence-corrected chi connectivity index (χ3v) is 4.46. The van der Waals surface area contributed by atoms with Crippen LogP contribution >= 0.6 is 0 Å². The number of rotatable bonds is 6. The molecule has 0 bridgehead atoms. The van der Waals surface area contributed by atoms with Crippen molar-refractivity contribution in [2.24, 2.45) is 0 Å². The van der Waals surface area contributed by atoms with E-state index in [9.17, 15) is 9.59 Å². The van der Waals surface area contributed by atoms with E-state index in [1.54, 1.807) is 11.9 Å². The molecule has 1 aromatic heterocycles. The summed E-state index contributed by atoms with van der Waals surface area (Å²) in [6.45, 7) is 0.617. The summed E-state index contributed by atoms with van der Waals surface area (Å²) in [6.07, 6.45) is 2.64. The van der Waals surface area contributed by atoms with Crippen molar-refractivity contribution in [3.63, 3.8) is 0 Å². The highest BCUT2D eigenvalue weighted by molar-refractivity contribution is 5.84. The third kappa shape index (κ3) is 3.56. The summed E-state index contributed by atoms with van der Waals surface area (Å²) in [5, 5.41) is 11.9. The molecule has 1 aliphatic rings. The van der Waals surface area contributed by atoms with Crippen LogP contribution in [0.5, 0.6) is 0 Å². The van der Waals surface area contributed by atoms with E-state index in [0.717, 1.165) is 29.7 Å². The second-order valence-electron chi connectivity index (χ2n) is 6.25. The fourth-order valence-corrected chi connectivity index (χ4v) is 3.12. The predicted molar refractivity (Wildman–Crippen MR) is 89.6 cm³/mol. The monoisotopic (exact) mass is 330 g/mol. The first kappa shape index (κ1) is 16.4. The molecule has 7 heteroatoms. The van der Waals surface area contributed by atoms with Gasteiger partial charge in [-0.05, 0) is 31.4 Å². The van der Waals surface area contributed by atoms with Crippen molar-refractivity contribution in [3.05, 3.63) is 30.1 Å². The van der Waals surface area contributed by atoms with Crippen molar-refractivity contribution in [1.82, 2.24) is 20.2 Å². The van der Waals surface area contributed by atoms with Crippen molar-refractivity contribution in [2.75, 3.05) is 13.6 Å². The molecule has 3 N–H and O–H groups in total. The Morgan fingerprint density at radius 1 is 1.29 bits per heavy atom. The smallest absolute Gasteiger partial charge is 0.320 e. The van der Waals surface area contributed by atoms with Crippen LogP contribution in [0.3, 0.4) is 0 Å². The molecule has 1 amide bonds. The number of aromatic amines is 1. The number of fused-ring (bicyclic) bond motifs is 1. The molecule has 0 unspecified atom stereocenters. The summed E-state index contributed by atoms with van der Waals surface area (Å²) >= 11 is 0. The number of carboxylic acid groups (broad SMARTS) is 1. The van der Waals surface area contributed by atoms with Gasteiger partial charge in [0.2, 0.25) is 5.91 Å². The van der Waals surface area contributed by atoms with Crippen LogP contribution in [0, 0.1) is 0 Å². The minimum Gasteiger partial charge on any atom is -0.480 e. The Bertz CT molecular complexity index is 709. The summed E-state index contributed by atoms with van der Waals surface area (Å²) in [5.41, 5.74) is 1.97. The van der Waals surface area contributed by atoms with Crippen LogP contribution in [0.15, 0.2) is 24.3 Å². The molecule has 1 saturated heterocycles. The maximum absolute atomic E-state index is 12.3. The van der Waals surface area contributed by atoms with Crippen LogP contribution in [0.1, 0.15) is 25.1 Å². The third-order valence-electron chi connectivity index (χ3n) is 4.46. The Balaban J connectivity index is 1.47. The van der Waals surface area contributed by atoms with Gasteiger partial charge in [-0.25, -0.2) is 4.98 Å². The van der Waals surface area contributed by atoms with Gasteiger partial charge in [0, 0.05) is 20.0 Å². The van der Waals surface area contributed by atoms with Crippen LogP contribution in [0.4, 0.5) is 0 Å². The zero-order valence-corrected chi connectivity index (χ0v) is 13.7. The number of carbonyl (C=O) groups is 2. The molecule has 24 heavy (non-hydrogen) atoms. The minimum atomic E-state index is -0.891. The lowest BCUT2D eigenvalue weighted by Gasteiger charge is -2.21. The van der Waals surface area contributed by atoms with Crippen LogP contribution < -0.4 is 5.32 Å². The number of hydrogen-bond acceptors (Lipinski definition) is 4. The Kier molecular flexibility index (Phi) is 4.80. The zero-order valence-electron chi connectivity index (χ0n) is 13.7. The summed E-state index contributed by atoms with van der Waals surface area (Å²) in [7, 11) is 1.76. The van der Waals surface area contributed by atoms with E-state index in [1.807, 2.05) is 24.3 Å². The lowest BCUT2D eigenvalue weighted by atomic mass is 10.1. The number of imidazole rings is 1. The molecule has 7 nitrogen and oxygen atoms in total. The molecule has 2 aromatic rings. The highest BCUT2D eigenvalue weighted by Gasteiger charge is 2.34. The number of aryl methyl sites for hydroxylation is 1. The first-order valence-electron chi connectivity index (χ1n) is 8.22. The Hall–Kier alpha value is -2.41. The van der Waals surface area contributed by atoms with Gasteiger partial charge >= 0.3 is 5.97 Å². The largest absolute Gasteiger partial charge is 0.480 e. The average molecular weight is 330 g/mol. The van der Waals surface area contributed by atoms with Crippen LogP contribution in [-0.2, 0) is 16.0 Å². The Morgan fingerprint density at radius 3 is 2.75 bits per heavy atom. The van der Waals surface area contributed by atoms with Crippen molar-refractivity contribution < 1.29 is 14.7 Å². The number of likely N-dealkylation sites (N-methyl/N-ethyl adjacent to an activating group) is 1. The van der Waals surface area contributed by atoms with E-state index in [2.05, 4.69) is 15.3 Å². The normalized spacial score (nSPS) is 20.4. The van der Waals surface area contributed by atoms with Gasteiger partial charge in [-0.2, -0.15) is 0 Å². The number of carboxylic acids is 1. The molecular weight excluding hydrogens is 308 g/mol. The zero-order chi connectivity index (χ0) is 17.1. The number of amides is 1. The maximum atomic E-state index is 12.3. The Labute approximate surface area is 140 Å².